The number of piperidine rings is 1. The Morgan fingerprint density at radius 3 is 2.65 bits per heavy atom. The summed E-state index contributed by atoms with van der Waals surface area (Å²) in [6.45, 7) is 3.68. The number of amides is 1. The normalized spacial score (nSPS) is 15.3. The van der Waals surface area contributed by atoms with Gasteiger partial charge in [-0.2, -0.15) is 11.3 Å². The maximum Gasteiger partial charge on any atom is 0.255 e. The Kier molecular flexibility index (Phi) is 3.83. The van der Waals surface area contributed by atoms with Gasteiger partial charge in [-0.1, -0.05) is 0 Å². The number of carbonyl (C=O) groups excluding carboxylic acids is 1. The summed E-state index contributed by atoms with van der Waals surface area (Å²) < 4.78 is 0. The molecule has 0 N–H and O–H groups in total. The molecule has 1 fully saturated rings. The summed E-state index contributed by atoms with van der Waals surface area (Å²) >= 11 is 1.66. The average Bonchev–Trinajstić information content (AvgIpc) is 3.01. The van der Waals surface area contributed by atoms with Gasteiger partial charge in [-0.15, -0.1) is 0 Å². The van der Waals surface area contributed by atoms with E-state index in [4.69, 9.17) is 0 Å². The summed E-state index contributed by atoms with van der Waals surface area (Å²) in [7, 11) is 0. The third-order valence-corrected chi connectivity index (χ3v) is 4.46. The molecule has 1 saturated heterocycles. The summed E-state index contributed by atoms with van der Waals surface area (Å²) in [6.07, 6.45) is 3.47. The molecular weight excluding hydrogens is 268 g/mol. The molecule has 0 aromatic carbocycles. The largest absolute Gasteiger partial charge is 0.339 e. The molecule has 0 aliphatic carbocycles. The molecule has 4 heteroatoms. The van der Waals surface area contributed by atoms with Crippen LogP contribution in [0.25, 0.3) is 11.3 Å². The van der Waals surface area contributed by atoms with Crippen molar-refractivity contribution in [2.45, 2.75) is 26.2 Å². The highest BCUT2D eigenvalue weighted by molar-refractivity contribution is 7.08. The van der Waals surface area contributed by atoms with Crippen LogP contribution in [0.2, 0.25) is 0 Å². The lowest BCUT2D eigenvalue weighted by molar-refractivity contribution is 0.0723. The summed E-state index contributed by atoms with van der Waals surface area (Å²) in [5, 5.41) is 4.12. The number of hydrogen-bond acceptors (Lipinski definition) is 3. The Balaban J connectivity index is 1.85. The minimum absolute atomic E-state index is 0.131. The molecule has 1 amide bonds. The second kappa shape index (κ2) is 5.75. The highest BCUT2D eigenvalue weighted by atomic mass is 32.1. The van der Waals surface area contributed by atoms with Crippen molar-refractivity contribution in [2.75, 3.05) is 13.1 Å². The molecule has 104 valence electrons. The maximum atomic E-state index is 12.5. The zero-order valence-electron chi connectivity index (χ0n) is 11.6. The average molecular weight is 286 g/mol. The minimum atomic E-state index is 0.131. The first kappa shape index (κ1) is 13.3. The van der Waals surface area contributed by atoms with Crippen LogP contribution in [-0.4, -0.2) is 28.9 Å². The van der Waals surface area contributed by atoms with Crippen molar-refractivity contribution in [2.24, 2.45) is 0 Å². The van der Waals surface area contributed by atoms with Crippen molar-refractivity contribution in [1.82, 2.24) is 9.88 Å². The molecule has 0 radical (unpaired) electrons. The van der Waals surface area contributed by atoms with Gasteiger partial charge in [-0.3, -0.25) is 9.78 Å². The topological polar surface area (TPSA) is 33.2 Å². The van der Waals surface area contributed by atoms with Crippen molar-refractivity contribution < 1.29 is 4.79 Å². The number of pyridine rings is 1. The van der Waals surface area contributed by atoms with Gasteiger partial charge in [0.25, 0.3) is 5.91 Å². The summed E-state index contributed by atoms with van der Waals surface area (Å²) in [5.74, 6) is 0.131. The molecule has 3 heterocycles. The van der Waals surface area contributed by atoms with Gasteiger partial charge in [-0.25, -0.2) is 0 Å². The number of aryl methyl sites for hydroxylation is 1. The van der Waals surface area contributed by atoms with Crippen LogP contribution in [0.4, 0.5) is 0 Å². The zero-order chi connectivity index (χ0) is 13.9. The highest BCUT2D eigenvalue weighted by Crippen LogP contribution is 2.22. The fraction of sp³-hybridized carbons (Fsp3) is 0.375. The predicted octanol–water partition coefficient (Wildman–Crippen LogP) is 3.74. The summed E-state index contributed by atoms with van der Waals surface area (Å²) in [5.41, 5.74) is 3.63. The SMILES string of the molecule is Cc1nc(-c2ccsc2)ccc1C(=O)N1CCCCC1. The van der Waals surface area contributed by atoms with Gasteiger partial charge in [0.05, 0.1) is 17.0 Å². The van der Waals surface area contributed by atoms with Gasteiger partial charge in [0.15, 0.2) is 0 Å². The van der Waals surface area contributed by atoms with E-state index in [1.165, 1.54) is 6.42 Å². The van der Waals surface area contributed by atoms with Crippen LogP contribution in [0, 0.1) is 6.92 Å². The summed E-state index contributed by atoms with van der Waals surface area (Å²) in [4.78, 5) is 19.1. The number of likely N-dealkylation sites (tertiary alicyclic amines) is 1. The van der Waals surface area contributed by atoms with Crippen molar-refractivity contribution in [1.29, 1.82) is 0 Å². The van der Waals surface area contributed by atoms with Crippen LogP contribution >= 0.6 is 11.3 Å². The standard InChI is InChI=1S/C16H18N2OS/c1-12-14(16(19)18-8-3-2-4-9-18)5-6-15(17-12)13-7-10-20-11-13/h5-7,10-11H,2-4,8-9H2,1H3. The van der Waals surface area contributed by atoms with E-state index in [1.807, 2.05) is 29.3 Å². The van der Waals surface area contributed by atoms with E-state index in [9.17, 15) is 4.79 Å². The first-order chi connectivity index (χ1) is 9.75. The van der Waals surface area contributed by atoms with E-state index >= 15 is 0 Å². The Bertz CT molecular complexity index is 601. The van der Waals surface area contributed by atoms with Gasteiger partial charge in [0.2, 0.25) is 0 Å². The van der Waals surface area contributed by atoms with Gasteiger partial charge in [0.1, 0.15) is 0 Å². The van der Waals surface area contributed by atoms with E-state index < -0.39 is 0 Å². The summed E-state index contributed by atoms with van der Waals surface area (Å²) in [6, 6.07) is 5.93. The Hall–Kier alpha value is -1.68. The monoisotopic (exact) mass is 286 g/mol. The second-order valence-electron chi connectivity index (χ2n) is 5.19. The molecule has 0 saturated carbocycles. The third-order valence-electron chi connectivity index (χ3n) is 3.78. The molecule has 20 heavy (non-hydrogen) atoms. The lowest BCUT2D eigenvalue weighted by Gasteiger charge is -2.27. The number of rotatable bonds is 2. The molecule has 2 aromatic heterocycles. The third kappa shape index (κ3) is 2.61. The van der Waals surface area contributed by atoms with Gasteiger partial charge < -0.3 is 4.90 Å². The smallest absolute Gasteiger partial charge is 0.255 e. The number of thiophene rings is 1. The Labute approximate surface area is 123 Å². The van der Waals surface area contributed by atoms with Crippen molar-refractivity contribution in [3.05, 3.63) is 40.2 Å². The van der Waals surface area contributed by atoms with Crippen LogP contribution in [0.5, 0.6) is 0 Å². The Morgan fingerprint density at radius 1 is 1.20 bits per heavy atom. The van der Waals surface area contributed by atoms with E-state index in [2.05, 4.69) is 16.4 Å². The molecule has 0 bridgehead atoms. The van der Waals surface area contributed by atoms with E-state index in [1.54, 1.807) is 11.3 Å². The number of hydrogen-bond donors (Lipinski definition) is 0. The Morgan fingerprint density at radius 2 is 2.00 bits per heavy atom. The van der Waals surface area contributed by atoms with Crippen molar-refractivity contribution >= 4 is 17.2 Å². The van der Waals surface area contributed by atoms with Crippen LogP contribution in [0.1, 0.15) is 35.3 Å². The number of carbonyl (C=O) groups is 1. The first-order valence-electron chi connectivity index (χ1n) is 7.05. The predicted molar refractivity (Wildman–Crippen MR) is 82.0 cm³/mol. The molecule has 3 rings (SSSR count). The quantitative estimate of drug-likeness (QED) is 0.842. The lowest BCUT2D eigenvalue weighted by Crippen LogP contribution is -2.36. The van der Waals surface area contributed by atoms with Gasteiger partial charge in [-0.05, 0) is 49.8 Å². The molecule has 3 nitrogen and oxygen atoms in total. The number of nitrogens with zero attached hydrogens (tertiary/aromatic N) is 2. The van der Waals surface area contributed by atoms with Crippen LogP contribution in [0.3, 0.4) is 0 Å². The molecule has 1 aliphatic heterocycles. The molecule has 1 aliphatic rings. The van der Waals surface area contributed by atoms with E-state index in [0.717, 1.165) is 48.4 Å². The molecular formula is C16H18N2OS. The van der Waals surface area contributed by atoms with Crippen LogP contribution < -0.4 is 0 Å². The van der Waals surface area contributed by atoms with E-state index in [-0.39, 0.29) is 5.91 Å². The zero-order valence-corrected chi connectivity index (χ0v) is 12.4. The van der Waals surface area contributed by atoms with E-state index in [0.29, 0.717) is 0 Å². The fourth-order valence-corrected chi connectivity index (χ4v) is 3.28. The molecule has 0 spiro atoms. The van der Waals surface area contributed by atoms with Gasteiger partial charge in [0, 0.05) is 24.0 Å². The molecule has 2 aromatic rings. The fourth-order valence-electron chi connectivity index (χ4n) is 2.63. The second-order valence-corrected chi connectivity index (χ2v) is 5.97. The van der Waals surface area contributed by atoms with Crippen LogP contribution in [0.15, 0.2) is 29.0 Å². The molecule has 0 unspecified atom stereocenters. The maximum absolute atomic E-state index is 12.5. The van der Waals surface area contributed by atoms with Crippen molar-refractivity contribution in [3.63, 3.8) is 0 Å². The number of aromatic nitrogens is 1. The molecule has 0 atom stereocenters. The highest BCUT2D eigenvalue weighted by Gasteiger charge is 2.20. The van der Waals surface area contributed by atoms with Crippen molar-refractivity contribution in [3.8, 4) is 11.3 Å². The van der Waals surface area contributed by atoms with Crippen LogP contribution in [-0.2, 0) is 0 Å². The minimum Gasteiger partial charge on any atom is -0.339 e. The first-order valence-corrected chi connectivity index (χ1v) is 7.99. The lowest BCUT2D eigenvalue weighted by atomic mass is 10.1. The van der Waals surface area contributed by atoms with Gasteiger partial charge >= 0.3 is 0 Å².